The molecule has 0 bridgehead atoms. The molecule has 0 radical (unpaired) electrons. The van der Waals surface area contributed by atoms with Crippen LogP contribution in [0.1, 0.15) is 22.3 Å². The summed E-state index contributed by atoms with van der Waals surface area (Å²) in [4.78, 5) is 0.401. The summed E-state index contributed by atoms with van der Waals surface area (Å²) in [5, 5.41) is 9.20. The van der Waals surface area contributed by atoms with E-state index < -0.39 is 16.1 Å². The van der Waals surface area contributed by atoms with Crippen LogP contribution in [0.5, 0.6) is 0 Å². The zero-order chi connectivity index (χ0) is 15.8. The van der Waals surface area contributed by atoms with E-state index in [2.05, 4.69) is 0 Å². The van der Waals surface area contributed by atoms with Crippen LogP contribution in [0.25, 0.3) is 0 Å². The Morgan fingerprint density at radius 1 is 1.24 bits per heavy atom. The minimum Gasteiger partial charge on any atom is -0.394 e. The summed E-state index contributed by atoms with van der Waals surface area (Å²) in [5.41, 5.74) is 3.54. The van der Waals surface area contributed by atoms with E-state index in [1.165, 1.54) is 4.31 Å². The normalized spacial score (nSPS) is 20.7. The molecule has 0 aromatic heterocycles. The third-order valence-corrected chi connectivity index (χ3v) is 6.34. The monoisotopic (exact) mass is 313 g/mol. The van der Waals surface area contributed by atoms with Crippen LogP contribution in [-0.2, 0) is 14.8 Å². The first-order valence-electron chi connectivity index (χ1n) is 7.09. The lowest BCUT2D eigenvalue weighted by molar-refractivity contribution is -0.0304. The maximum atomic E-state index is 13.0. The van der Waals surface area contributed by atoms with Crippen LogP contribution in [0.3, 0.4) is 0 Å². The summed E-state index contributed by atoms with van der Waals surface area (Å²) in [6, 6.07) is 2.01. The highest BCUT2D eigenvalue weighted by Gasteiger charge is 2.33. The number of aliphatic hydroxyl groups is 1. The van der Waals surface area contributed by atoms with E-state index in [1.807, 2.05) is 33.8 Å². The van der Waals surface area contributed by atoms with Crippen LogP contribution in [0, 0.1) is 27.7 Å². The van der Waals surface area contributed by atoms with Crippen molar-refractivity contribution in [3.05, 3.63) is 28.3 Å². The molecule has 6 heteroatoms. The molecule has 2 rings (SSSR count). The van der Waals surface area contributed by atoms with Gasteiger partial charge in [-0.2, -0.15) is 4.31 Å². The molecule has 0 saturated carbocycles. The zero-order valence-corrected chi connectivity index (χ0v) is 13.8. The quantitative estimate of drug-likeness (QED) is 0.913. The second-order valence-corrected chi connectivity index (χ2v) is 7.50. The largest absolute Gasteiger partial charge is 0.394 e. The number of benzene rings is 1. The summed E-state index contributed by atoms with van der Waals surface area (Å²) in [7, 11) is -3.57. The van der Waals surface area contributed by atoms with Crippen molar-refractivity contribution in [2.24, 2.45) is 0 Å². The summed E-state index contributed by atoms with van der Waals surface area (Å²) in [5.74, 6) is 0. The van der Waals surface area contributed by atoms with Gasteiger partial charge in [0.25, 0.3) is 0 Å². The van der Waals surface area contributed by atoms with Gasteiger partial charge in [0.1, 0.15) is 0 Å². The second kappa shape index (κ2) is 6.04. The molecule has 0 amide bonds. The highest BCUT2D eigenvalue weighted by molar-refractivity contribution is 7.89. The topological polar surface area (TPSA) is 66.8 Å². The molecule has 1 heterocycles. The van der Waals surface area contributed by atoms with E-state index >= 15 is 0 Å². The first kappa shape index (κ1) is 16.4. The predicted octanol–water partition coefficient (Wildman–Crippen LogP) is 1.30. The minimum atomic E-state index is -3.57. The van der Waals surface area contributed by atoms with Crippen LogP contribution in [0.15, 0.2) is 11.0 Å². The predicted molar refractivity (Wildman–Crippen MR) is 81.0 cm³/mol. The number of morpholine rings is 1. The van der Waals surface area contributed by atoms with Crippen molar-refractivity contribution in [3.8, 4) is 0 Å². The van der Waals surface area contributed by atoms with Crippen molar-refractivity contribution in [3.63, 3.8) is 0 Å². The molecule has 1 N–H and O–H groups in total. The molecule has 1 aliphatic rings. The van der Waals surface area contributed by atoms with Gasteiger partial charge in [0.2, 0.25) is 10.0 Å². The van der Waals surface area contributed by atoms with Gasteiger partial charge in [-0.15, -0.1) is 0 Å². The smallest absolute Gasteiger partial charge is 0.243 e. The van der Waals surface area contributed by atoms with Crippen LogP contribution in [0.4, 0.5) is 0 Å². The number of aryl methyl sites for hydroxylation is 2. The van der Waals surface area contributed by atoms with Gasteiger partial charge in [0, 0.05) is 13.1 Å². The van der Waals surface area contributed by atoms with Gasteiger partial charge in [0.05, 0.1) is 24.2 Å². The lowest BCUT2D eigenvalue weighted by Crippen LogP contribution is -2.47. The maximum Gasteiger partial charge on any atom is 0.243 e. The van der Waals surface area contributed by atoms with Crippen molar-refractivity contribution in [1.82, 2.24) is 4.31 Å². The number of hydrogen-bond donors (Lipinski definition) is 1. The van der Waals surface area contributed by atoms with E-state index in [0.717, 1.165) is 22.3 Å². The standard InChI is InChI=1S/C15H23NO4S/c1-10-7-11(2)13(4)15(12(10)3)21(18,19)16-5-6-20-14(8-16)9-17/h7,14,17H,5-6,8-9H2,1-4H3. The Hall–Kier alpha value is -0.950. The van der Waals surface area contributed by atoms with Crippen LogP contribution >= 0.6 is 0 Å². The summed E-state index contributed by atoms with van der Waals surface area (Å²) < 4.78 is 32.7. The van der Waals surface area contributed by atoms with Crippen molar-refractivity contribution in [1.29, 1.82) is 0 Å². The highest BCUT2D eigenvalue weighted by Crippen LogP contribution is 2.29. The van der Waals surface area contributed by atoms with Crippen LogP contribution < -0.4 is 0 Å². The summed E-state index contributed by atoms with van der Waals surface area (Å²) >= 11 is 0. The molecule has 5 nitrogen and oxygen atoms in total. The van der Waals surface area contributed by atoms with Crippen molar-refractivity contribution >= 4 is 10.0 Å². The molecular formula is C15H23NO4S. The first-order chi connectivity index (χ1) is 9.78. The van der Waals surface area contributed by atoms with E-state index in [9.17, 15) is 13.5 Å². The fraction of sp³-hybridized carbons (Fsp3) is 0.600. The molecule has 1 fully saturated rings. The van der Waals surface area contributed by atoms with Gasteiger partial charge in [-0.1, -0.05) is 6.07 Å². The van der Waals surface area contributed by atoms with E-state index in [0.29, 0.717) is 18.0 Å². The number of hydrogen-bond acceptors (Lipinski definition) is 4. The first-order valence-corrected chi connectivity index (χ1v) is 8.53. The van der Waals surface area contributed by atoms with E-state index in [4.69, 9.17) is 4.74 Å². The Morgan fingerprint density at radius 2 is 1.81 bits per heavy atom. The minimum absolute atomic E-state index is 0.170. The van der Waals surface area contributed by atoms with Crippen LogP contribution in [0.2, 0.25) is 0 Å². The summed E-state index contributed by atoms with van der Waals surface area (Å²) in [6.07, 6.45) is -0.444. The molecular weight excluding hydrogens is 290 g/mol. The van der Waals surface area contributed by atoms with E-state index in [1.54, 1.807) is 0 Å². The molecule has 1 aromatic carbocycles. The lowest BCUT2D eigenvalue weighted by atomic mass is 10.0. The molecule has 1 aliphatic heterocycles. The molecule has 1 unspecified atom stereocenters. The van der Waals surface area contributed by atoms with Gasteiger partial charge in [-0.25, -0.2) is 8.42 Å². The number of sulfonamides is 1. The Morgan fingerprint density at radius 3 is 2.33 bits per heavy atom. The van der Waals surface area contributed by atoms with Gasteiger partial charge < -0.3 is 9.84 Å². The molecule has 0 aliphatic carbocycles. The van der Waals surface area contributed by atoms with Gasteiger partial charge in [-0.3, -0.25) is 0 Å². The molecule has 1 atom stereocenters. The zero-order valence-electron chi connectivity index (χ0n) is 13.0. The SMILES string of the molecule is Cc1cc(C)c(C)c(S(=O)(=O)N2CCOC(CO)C2)c1C. The van der Waals surface area contributed by atoms with Crippen molar-refractivity contribution in [2.75, 3.05) is 26.3 Å². The second-order valence-electron chi connectivity index (χ2n) is 5.63. The van der Waals surface area contributed by atoms with E-state index in [-0.39, 0.29) is 13.2 Å². The van der Waals surface area contributed by atoms with Gasteiger partial charge in [0.15, 0.2) is 0 Å². The fourth-order valence-corrected chi connectivity index (χ4v) is 4.75. The number of nitrogens with zero attached hydrogens (tertiary/aromatic N) is 1. The number of ether oxygens (including phenoxy) is 1. The lowest BCUT2D eigenvalue weighted by Gasteiger charge is -2.32. The van der Waals surface area contributed by atoms with Gasteiger partial charge >= 0.3 is 0 Å². The number of rotatable bonds is 3. The third-order valence-electron chi connectivity index (χ3n) is 4.20. The molecule has 0 spiro atoms. The Balaban J connectivity index is 2.50. The maximum absolute atomic E-state index is 13.0. The van der Waals surface area contributed by atoms with Crippen molar-refractivity contribution < 1.29 is 18.3 Å². The molecule has 1 aromatic rings. The fourth-order valence-electron chi connectivity index (χ4n) is 2.72. The molecule has 118 valence electrons. The van der Waals surface area contributed by atoms with Crippen molar-refractivity contribution in [2.45, 2.75) is 38.7 Å². The average Bonchev–Trinajstić information content (AvgIpc) is 2.45. The Bertz CT molecular complexity index is 613. The molecule has 1 saturated heterocycles. The third kappa shape index (κ3) is 2.99. The Kier molecular flexibility index (Phi) is 4.72. The number of aliphatic hydroxyl groups excluding tert-OH is 1. The molecule has 21 heavy (non-hydrogen) atoms. The Labute approximate surface area is 126 Å². The van der Waals surface area contributed by atoms with Crippen LogP contribution in [-0.4, -0.2) is 50.2 Å². The van der Waals surface area contributed by atoms with Gasteiger partial charge in [-0.05, 0) is 49.9 Å². The summed E-state index contributed by atoms with van der Waals surface area (Å²) in [6.45, 7) is 8.21. The average molecular weight is 313 g/mol. The highest BCUT2D eigenvalue weighted by atomic mass is 32.2.